The molecule has 0 bridgehead atoms. The summed E-state index contributed by atoms with van der Waals surface area (Å²) >= 11 is 0. The lowest BCUT2D eigenvalue weighted by atomic mass is 10.1. The minimum Gasteiger partial charge on any atom is -0.497 e. The van der Waals surface area contributed by atoms with Gasteiger partial charge in [-0.05, 0) is 49.6 Å². The Labute approximate surface area is 209 Å². The summed E-state index contributed by atoms with van der Waals surface area (Å²) in [6.07, 6.45) is 0.552. The van der Waals surface area contributed by atoms with Gasteiger partial charge in [0.25, 0.3) is 0 Å². The van der Waals surface area contributed by atoms with Gasteiger partial charge in [-0.3, -0.25) is 4.90 Å². The molecule has 1 heterocycles. The zero-order valence-electron chi connectivity index (χ0n) is 19.6. The van der Waals surface area contributed by atoms with Crippen LogP contribution in [0.4, 0.5) is 0 Å². The number of hydrogen-bond donors (Lipinski definition) is 2. The molecule has 2 aromatic rings. The number of aliphatic imine (C=N–C) groups is 1. The van der Waals surface area contributed by atoms with Crippen molar-refractivity contribution < 1.29 is 9.47 Å². The molecule has 176 valence electrons. The van der Waals surface area contributed by atoms with Crippen molar-refractivity contribution >= 4 is 29.9 Å². The molecular formula is C25H37IN4O2. The summed E-state index contributed by atoms with van der Waals surface area (Å²) in [6.45, 7) is 11.4. The van der Waals surface area contributed by atoms with Crippen LogP contribution in [0.2, 0.25) is 0 Å². The first-order valence-electron chi connectivity index (χ1n) is 11.2. The number of ether oxygens (including phenoxy) is 2. The van der Waals surface area contributed by atoms with Crippen molar-refractivity contribution in [2.75, 3.05) is 26.7 Å². The molecule has 2 N–H and O–H groups in total. The maximum absolute atomic E-state index is 5.88. The molecule has 0 amide bonds. The number of nitrogens with one attached hydrogen (secondary N) is 2. The lowest BCUT2D eigenvalue weighted by Crippen LogP contribution is -2.45. The fourth-order valence-corrected chi connectivity index (χ4v) is 4.00. The van der Waals surface area contributed by atoms with E-state index in [1.807, 2.05) is 18.2 Å². The van der Waals surface area contributed by atoms with Crippen LogP contribution in [0, 0.1) is 0 Å². The van der Waals surface area contributed by atoms with Gasteiger partial charge in [0.05, 0.1) is 25.9 Å². The highest BCUT2D eigenvalue weighted by molar-refractivity contribution is 14.0. The van der Waals surface area contributed by atoms with Crippen molar-refractivity contribution in [2.24, 2.45) is 4.99 Å². The van der Waals surface area contributed by atoms with Gasteiger partial charge in [-0.15, -0.1) is 24.0 Å². The Hall–Kier alpha value is -1.84. The average molecular weight is 553 g/mol. The van der Waals surface area contributed by atoms with Crippen LogP contribution < -0.4 is 15.4 Å². The van der Waals surface area contributed by atoms with E-state index in [0.717, 1.165) is 50.0 Å². The normalized spacial score (nSPS) is 19.2. The predicted molar refractivity (Wildman–Crippen MR) is 142 cm³/mol. The molecule has 0 aliphatic carbocycles. The van der Waals surface area contributed by atoms with Crippen molar-refractivity contribution in [3.05, 3.63) is 65.2 Å². The van der Waals surface area contributed by atoms with Gasteiger partial charge in [0.1, 0.15) is 5.75 Å². The van der Waals surface area contributed by atoms with Gasteiger partial charge < -0.3 is 20.1 Å². The summed E-state index contributed by atoms with van der Waals surface area (Å²) in [4.78, 5) is 7.24. The summed E-state index contributed by atoms with van der Waals surface area (Å²) < 4.78 is 11.2. The molecule has 2 atom stereocenters. The summed E-state index contributed by atoms with van der Waals surface area (Å²) in [7, 11) is 1.68. The summed E-state index contributed by atoms with van der Waals surface area (Å²) in [5.74, 6) is 1.67. The first kappa shape index (κ1) is 26.4. The van der Waals surface area contributed by atoms with E-state index in [0.29, 0.717) is 6.54 Å². The quantitative estimate of drug-likeness (QED) is 0.293. The van der Waals surface area contributed by atoms with Gasteiger partial charge >= 0.3 is 0 Å². The minimum absolute atomic E-state index is 0. The zero-order chi connectivity index (χ0) is 22.1. The van der Waals surface area contributed by atoms with E-state index in [9.17, 15) is 0 Å². The third kappa shape index (κ3) is 8.26. The molecule has 0 radical (unpaired) electrons. The number of methoxy groups -OCH3 is 1. The van der Waals surface area contributed by atoms with Gasteiger partial charge in [-0.25, -0.2) is 4.99 Å². The Morgan fingerprint density at radius 3 is 2.47 bits per heavy atom. The molecule has 1 aliphatic rings. The first-order chi connectivity index (χ1) is 15.1. The molecular weight excluding hydrogens is 515 g/mol. The molecule has 0 spiro atoms. The monoisotopic (exact) mass is 552 g/mol. The van der Waals surface area contributed by atoms with Gasteiger partial charge in [-0.1, -0.05) is 36.4 Å². The highest BCUT2D eigenvalue weighted by atomic mass is 127. The Morgan fingerprint density at radius 1 is 1.06 bits per heavy atom. The van der Waals surface area contributed by atoms with E-state index in [1.165, 1.54) is 11.1 Å². The summed E-state index contributed by atoms with van der Waals surface area (Å²) in [6, 6.07) is 16.7. The number of nitrogens with zero attached hydrogens (tertiary/aromatic N) is 2. The van der Waals surface area contributed by atoms with Crippen LogP contribution in [0.3, 0.4) is 0 Å². The second kappa shape index (κ2) is 13.6. The van der Waals surface area contributed by atoms with Crippen LogP contribution in [0.5, 0.6) is 5.75 Å². The SMILES string of the molecule is CCNC(=NCc1cccc(OC)c1)NCc1ccccc1CN1CC(C)OC(C)C1.I. The number of halogens is 1. The maximum Gasteiger partial charge on any atom is 0.191 e. The zero-order valence-corrected chi connectivity index (χ0v) is 22.0. The standard InChI is InChI=1S/C25H36N4O2.HI/c1-5-26-25(27-14-21-9-8-12-24(13-21)30-4)28-15-22-10-6-7-11-23(22)18-29-16-19(2)31-20(3)17-29;/h6-13,19-20H,5,14-18H2,1-4H3,(H2,26,27,28);1H. The van der Waals surface area contributed by atoms with Crippen molar-refractivity contribution in [1.82, 2.24) is 15.5 Å². The Morgan fingerprint density at radius 2 is 1.78 bits per heavy atom. The molecule has 2 aromatic carbocycles. The van der Waals surface area contributed by atoms with E-state index in [4.69, 9.17) is 14.5 Å². The highest BCUT2D eigenvalue weighted by Crippen LogP contribution is 2.17. The van der Waals surface area contributed by atoms with Gasteiger partial charge in [0.2, 0.25) is 0 Å². The molecule has 32 heavy (non-hydrogen) atoms. The van der Waals surface area contributed by atoms with E-state index in [2.05, 4.69) is 66.6 Å². The number of hydrogen-bond acceptors (Lipinski definition) is 4. The highest BCUT2D eigenvalue weighted by Gasteiger charge is 2.22. The van der Waals surface area contributed by atoms with Crippen LogP contribution in [0.25, 0.3) is 0 Å². The largest absolute Gasteiger partial charge is 0.497 e. The van der Waals surface area contributed by atoms with Crippen LogP contribution in [-0.2, 0) is 24.4 Å². The molecule has 0 saturated carbocycles. The molecule has 6 nitrogen and oxygen atoms in total. The van der Waals surface area contributed by atoms with Gasteiger partial charge in [0.15, 0.2) is 5.96 Å². The lowest BCUT2D eigenvalue weighted by Gasteiger charge is -2.35. The predicted octanol–water partition coefficient (Wildman–Crippen LogP) is 4.18. The van der Waals surface area contributed by atoms with E-state index in [1.54, 1.807) is 7.11 Å². The Bertz CT molecular complexity index is 851. The van der Waals surface area contributed by atoms with E-state index in [-0.39, 0.29) is 36.2 Å². The fourth-order valence-electron chi connectivity index (χ4n) is 4.00. The van der Waals surface area contributed by atoms with Gasteiger partial charge in [-0.2, -0.15) is 0 Å². The molecule has 1 aliphatic heterocycles. The number of morpholine rings is 1. The smallest absolute Gasteiger partial charge is 0.191 e. The fraction of sp³-hybridized carbons (Fsp3) is 0.480. The number of benzene rings is 2. The number of guanidine groups is 1. The topological polar surface area (TPSA) is 58.1 Å². The summed E-state index contributed by atoms with van der Waals surface area (Å²) in [5, 5.41) is 6.84. The molecule has 3 rings (SSSR count). The van der Waals surface area contributed by atoms with E-state index >= 15 is 0 Å². The second-order valence-electron chi connectivity index (χ2n) is 8.12. The molecule has 7 heteroatoms. The van der Waals surface area contributed by atoms with Crippen molar-refractivity contribution in [2.45, 2.75) is 52.6 Å². The molecule has 0 aromatic heterocycles. The van der Waals surface area contributed by atoms with Crippen LogP contribution >= 0.6 is 24.0 Å². The maximum atomic E-state index is 5.88. The Balaban J connectivity index is 0.00000363. The van der Waals surface area contributed by atoms with Gasteiger partial charge in [0, 0.05) is 32.7 Å². The minimum atomic E-state index is 0. The molecule has 2 unspecified atom stereocenters. The summed E-state index contributed by atoms with van der Waals surface area (Å²) in [5.41, 5.74) is 3.76. The van der Waals surface area contributed by atoms with Crippen LogP contribution in [0.15, 0.2) is 53.5 Å². The van der Waals surface area contributed by atoms with E-state index < -0.39 is 0 Å². The number of rotatable bonds is 8. The molecule has 1 saturated heterocycles. The van der Waals surface area contributed by atoms with Crippen LogP contribution in [-0.4, -0.2) is 49.8 Å². The first-order valence-corrected chi connectivity index (χ1v) is 11.2. The lowest BCUT2D eigenvalue weighted by molar-refractivity contribution is -0.0705. The third-order valence-electron chi connectivity index (χ3n) is 5.35. The second-order valence-corrected chi connectivity index (χ2v) is 8.12. The Kier molecular flexibility index (Phi) is 11.3. The van der Waals surface area contributed by atoms with Crippen molar-refractivity contribution in [3.63, 3.8) is 0 Å². The molecule has 1 fully saturated rings. The third-order valence-corrected chi connectivity index (χ3v) is 5.35. The van der Waals surface area contributed by atoms with Crippen molar-refractivity contribution in [3.8, 4) is 5.75 Å². The van der Waals surface area contributed by atoms with Crippen molar-refractivity contribution in [1.29, 1.82) is 0 Å². The van der Waals surface area contributed by atoms with Crippen LogP contribution in [0.1, 0.15) is 37.5 Å². The average Bonchev–Trinajstić information content (AvgIpc) is 2.76.